The van der Waals surface area contributed by atoms with Crippen LogP contribution in [0.4, 0.5) is 0 Å². The van der Waals surface area contributed by atoms with Gasteiger partial charge >= 0.3 is 0 Å². The number of hydrogen-bond acceptors (Lipinski definition) is 3. The highest BCUT2D eigenvalue weighted by molar-refractivity contribution is 5.17. The van der Waals surface area contributed by atoms with E-state index < -0.39 is 0 Å². The number of nitrogens with one attached hydrogen (secondary N) is 1. The maximum absolute atomic E-state index is 5.22. The van der Waals surface area contributed by atoms with Crippen LogP contribution in [0, 0.1) is 6.92 Å². The fourth-order valence-electron chi connectivity index (χ4n) is 1.44. The zero-order chi connectivity index (χ0) is 10.5. The van der Waals surface area contributed by atoms with E-state index in [1.54, 1.807) is 6.26 Å². The highest BCUT2D eigenvalue weighted by Crippen LogP contribution is 2.04. The van der Waals surface area contributed by atoms with Gasteiger partial charge in [-0.2, -0.15) is 0 Å². The topological polar surface area (TPSA) is 38.1 Å². The fraction of sp³-hybridized carbons (Fsp3) is 0.250. The van der Waals surface area contributed by atoms with Crippen molar-refractivity contribution < 1.29 is 4.42 Å². The van der Waals surface area contributed by atoms with Crippen LogP contribution in [0.5, 0.6) is 0 Å². The second kappa shape index (κ2) is 4.75. The maximum Gasteiger partial charge on any atom is 0.117 e. The van der Waals surface area contributed by atoms with Crippen molar-refractivity contribution in [2.75, 3.05) is 0 Å². The van der Waals surface area contributed by atoms with Crippen LogP contribution < -0.4 is 5.32 Å². The Morgan fingerprint density at radius 3 is 2.93 bits per heavy atom. The highest BCUT2D eigenvalue weighted by atomic mass is 16.3. The molecule has 0 bridgehead atoms. The van der Waals surface area contributed by atoms with Gasteiger partial charge in [-0.05, 0) is 30.7 Å². The van der Waals surface area contributed by atoms with Crippen LogP contribution in [-0.2, 0) is 13.1 Å². The molecule has 0 saturated heterocycles. The molecule has 0 fully saturated rings. The van der Waals surface area contributed by atoms with E-state index in [2.05, 4.69) is 16.4 Å². The van der Waals surface area contributed by atoms with E-state index in [0.29, 0.717) is 0 Å². The fourth-order valence-corrected chi connectivity index (χ4v) is 1.44. The molecule has 0 aliphatic carbocycles. The third-order valence-corrected chi connectivity index (χ3v) is 2.31. The maximum atomic E-state index is 5.22. The number of hydrogen-bond donors (Lipinski definition) is 1. The van der Waals surface area contributed by atoms with Gasteiger partial charge in [-0.25, -0.2) is 0 Å². The van der Waals surface area contributed by atoms with Crippen LogP contribution in [0.25, 0.3) is 0 Å². The molecule has 3 heteroatoms. The molecule has 0 saturated carbocycles. The van der Waals surface area contributed by atoms with Gasteiger partial charge < -0.3 is 9.73 Å². The van der Waals surface area contributed by atoms with Gasteiger partial charge in [0.1, 0.15) is 5.76 Å². The molecule has 0 spiro atoms. The minimum absolute atomic E-state index is 0.751. The van der Waals surface area contributed by atoms with Crippen LogP contribution in [0.1, 0.15) is 17.0 Å². The third-order valence-electron chi connectivity index (χ3n) is 2.31. The summed E-state index contributed by atoms with van der Waals surface area (Å²) < 4.78 is 5.22. The predicted octanol–water partition coefficient (Wildman–Crippen LogP) is 2.27. The second-order valence-electron chi connectivity index (χ2n) is 3.43. The number of rotatable bonds is 4. The van der Waals surface area contributed by atoms with E-state index in [9.17, 15) is 0 Å². The van der Waals surface area contributed by atoms with Gasteiger partial charge in [-0.1, -0.05) is 6.07 Å². The lowest BCUT2D eigenvalue weighted by molar-refractivity contribution is 0.482. The predicted molar refractivity (Wildman–Crippen MR) is 58.2 cm³/mol. The molecule has 2 aromatic heterocycles. The molecule has 3 nitrogen and oxygen atoms in total. The van der Waals surface area contributed by atoms with Gasteiger partial charge in [-0.15, -0.1) is 0 Å². The summed E-state index contributed by atoms with van der Waals surface area (Å²) >= 11 is 0. The lowest BCUT2D eigenvalue weighted by Gasteiger charge is -2.05. The average Bonchev–Trinajstić information content (AvgIpc) is 2.74. The first-order valence-corrected chi connectivity index (χ1v) is 5.00. The van der Waals surface area contributed by atoms with E-state index in [1.807, 2.05) is 31.3 Å². The normalized spacial score (nSPS) is 10.5. The summed E-state index contributed by atoms with van der Waals surface area (Å²) in [5, 5.41) is 3.31. The lowest BCUT2D eigenvalue weighted by Crippen LogP contribution is -2.13. The van der Waals surface area contributed by atoms with Crippen LogP contribution >= 0.6 is 0 Å². The van der Waals surface area contributed by atoms with E-state index in [4.69, 9.17) is 4.42 Å². The van der Waals surface area contributed by atoms with Crippen molar-refractivity contribution in [1.29, 1.82) is 0 Å². The van der Waals surface area contributed by atoms with Crippen LogP contribution in [0.3, 0.4) is 0 Å². The average molecular weight is 202 g/mol. The summed E-state index contributed by atoms with van der Waals surface area (Å²) in [5.41, 5.74) is 2.30. The van der Waals surface area contributed by atoms with E-state index in [1.165, 1.54) is 5.56 Å². The summed E-state index contributed by atoms with van der Waals surface area (Å²) in [6, 6.07) is 7.89. The number of aromatic nitrogens is 1. The number of furan rings is 1. The van der Waals surface area contributed by atoms with Crippen molar-refractivity contribution in [3.8, 4) is 0 Å². The molecule has 2 rings (SSSR count). The molecule has 1 N–H and O–H groups in total. The van der Waals surface area contributed by atoms with Gasteiger partial charge in [0, 0.05) is 18.4 Å². The molecular weight excluding hydrogens is 188 g/mol. The Hall–Kier alpha value is -1.61. The summed E-state index contributed by atoms with van der Waals surface area (Å²) in [5.74, 6) is 0.955. The Balaban J connectivity index is 1.86. The Bertz CT molecular complexity index is 409. The first kappa shape index (κ1) is 9.93. The number of pyridine rings is 1. The molecule has 0 amide bonds. The molecule has 0 unspecified atom stereocenters. The van der Waals surface area contributed by atoms with Crippen molar-refractivity contribution in [1.82, 2.24) is 10.3 Å². The molecule has 78 valence electrons. The van der Waals surface area contributed by atoms with Crippen molar-refractivity contribution in [3.63, 3.8) is 0 Å². The van der Waals surface area contributed by atoms with Crippen molar-refractivity contribution in [3.05, 3.63) is 53.7 Å². The summed E-state index contributed by atoms with van der Waals surface area (Å²) in [6.07, 6.45) is 3.50. The zero-order valence-corrected chi connectivity index (χ0v) is 8.73. The molecule has 0 atom stereocenters. The minimum atomic E-state index is 0.751. The summed E-state index contributed by atoms with van der Waals surface area (Å²) in [6.45, 7) is 3.59. The molecule has 0 aliphatic heterocycles. The Morgan fingerprint density at radius 2 is 2.20 bits per heavy atom. The smallest absolute Gasteiger partial charge is 0.117 e. The van der Waals surface area contributed by atoms with E-state index >= 15 is 0 Å². The molecule has 15 heavy (non-hydrogen) atoms. The highest BCUT2D eigenvalue weighted by Gasteiger charge is 1.98. The first-order chi connectivity index (χ1) is 7.36. The SMILES string of the molecule is Cc1ncccc1CNCc1ccco1. The van der Waals surface area contributed by atoms with E-state index in [-0.39, 0.29) is 0 Å². The van der Waals surface area contributed by atoms with Crippen molar-refractivity contribution in [2.45, 2.75) is 20.0 Å². The first-order valence-electron chi connectivity index (χ1n) is 5.00. The standard InChI is InChI=1S/C12H14N2O/c1-10-11(4-2-6-14-10)8-13-9-12-5-3-7-15-12/h2-7,13H,8-9H2,1H3. The zero-order valence-electron chi connectivity index (χ0n) is 8.73. The van der Waals surface area contributed by atoms with Gasteiger partial charge in [0.05, 0.1) is 12.8 Å². The molecule has 2 heterocycles. The largest absolute Gasteiger partial charge is 0.468 e. The molecule has 2 aromatic rings. The lowest BCUT2D eigenvalue weighted by atomic mass is 10.2. The number of aryl methyl sites for hydroxylation is 1. The Morgan fingerprint density at radius 1 is 1.27 bits per heavy atom. The van der Waals surface area contributed by atoms with Crippen LogP contribution in [0.15, 0.2) is 41.1 Å². The summed E-state index contributed by atoms with van der Waals surface area (Å²) in [4.78, 5) is 4.23. The molecule has 0 radical (unpaired) electrons. The van der Waals surface area contributed by atoms with E-state index in [0.717, 1.165) is 24.5 Å². The van der Waals surface area contributed by atoms with Crippen LogP contribution in [0.2, 0.25) is 0 Å². The summed E-state index contributed by atoms with van der Waals surface area (Å²) in [7, 11) is 0. The van der Waals surface area contributed by atoms with Gasteiger partial charge in [-0.3, -0.25) is 4.98 Å². The second-order valence-corrected chi connectivity index (χ2v) is 3.43. The molecular formula is C12H14N2O. The Labute approximate surface area is 89.1 Å². The third kappa shape index (κ3) is 2.67. The molecule has 0 aromatic carbocycles. The van der Waals surface area contributed by atoms with Crippen LogP contribution in [-0.4, -0.2) is 4.98 Å². The van der Waals surface area contributed by atoms with Crippen molar-refractivity contribution in [2.24, 2.45) is 0 Å². The van der Waals surface area contributed by atoms with Gasteiger partial charge in [0.25, 0.3) is 0 Å². The minimum Gasteiger partial charge on any atom is -0.468 e. The van der Waals surface area contributed by atoms with Gasteiger partial charge in [0.2, 0.25) is 0 Å². The monoisotopic (exact) mass is 202 g/mol. The van der Waals surface area contributed by atoms with Crippen molar-refractivity contribution >= 4 is 0 Å². The Kier molecular flexibility index (Phi) is 3.15. The quantitative estimate of drug-likeness (QED) is 0.826. The molecule has 0 aliphatic rings. The number of nitrogens with zero attached hydrogens (tertiary/aromatic N) is 1. The van der Waals surface area contributed by atoms with Gasteiger partial charge in [0.15, 0.2) is 0 Å².